The monoisotopic (exact) mass is 223 g/mol. The van der Waals surface area contributed by atoms with Gasteiger partial charge in [0.2, 0.25) is 5.91 Å². The smallest absolute Gasteiger partial charge is 0.222 e. The van der Waals surface area contributed by atoms with Gasteiger partial charge in [-0.3, -0.25) is 4.79 Å². The maximum atomic E-state index is 11.5. The number of rotatable bonds is 4. The first-order valence-electron chi connectivity index (χ1n) is 5.46. The molecular formula is C12H17NOS. The summed E-state index contributed by atoms with van der Waals surface area (Å²) in [6.45, 7) is 4.67. The van der Waals surface area contributed by atoms with Crippen molar-refractivity contribution >= 4 is 17.2 Å². The molecule has 1 saturated carbocycles. The minimum absolute atomic E-state index is 0.0872. The Balaban J connectivity index is 1.93. The van der Waals surface area contributed by atoms with Crippen LogP contribution in [0.5, 0.6) is 0 Å². The lowest BCUT2D eigenvalue weighted by Crippen LogP contribution is -2.34. The maximum absolute atomic E-state index is 11.5. The van der Waals surface area contributed by atoms with Crippen LogP contribution in [0, 0.1) is 5.92 Å². The summed E-state index contributed by atoms with van der Waals surface area (Å²) in [5, 5.41) is 5.15. The molecule has 0 bridgehead atoms. The molecule has 0 aliphatic heterocycles. The van der Waals surface area contributed by atoms with Crippen LogP contribution in [0.25, 0.3) is 0 Å². The summed E-state index contributed by atoms with van der Waals surface area (Å²) in [5.74, 6) is 0.252. The Morgan fingerprint density at radius 3 is 2.80 bits per heavy atom. The molecule has 2 rings (SSSR count). The first-order chi connectivity index (χ1) is 7.14. The van der Waals surface area contributed by atoms with E-state index in [1.54, 1.807) is 11.3 Å². The van der Waals surface area contributed by atoms with Gasteiger partial charge in [-0.2, -0.15) is 0 Å². The standard InChI is InChI=1S/C12H17NOS/c1-9(2)11(14)13-8-12(5-6-12)10-4-3-7-15-10/h3-4,7,9H,5-6,8H2,1-2H3,(H,13,14). The zero-order chi connectivity index (χ0) is 10.9. The minimum atomic E-state index is 0.0872. The number of amides is 1. The number of carbonyl (C=O) groups excluding carboxylic acids is 1. The van der Waals surface area contributed by atoms with Crippen molar-refractivity contribution < 1.29 is 4.79 Å². The van der Waals surface area contributed by atoms with Crippen molar-refractivity contribution in [1.82, 2.24) is 5.32 Å². The van der Waals surface area contributed by atoms with E-state index in [2.05, 4.69) is 22.8 Å². The molecule has 0 radical (unpaired) electrons. The van der Waals surface area contributed by atoms with Crippen LogP contribution in [0.3, 0.4) is 0 Å². The van der Waals surface area contributed by atoms with Gasteiger partial charge >= 0.3 is 0 Å². The van der Waals surface area contributed by atoms with E-state index >= 15 is 0 Å². The second-order valence-electron chi connectivity index (χ2n) is 4.63. The second-order valence-corrected chi connectivity index (χ2v) is 5.58. The molecule has 0 spiro atoms. The van der Waals surface area contributed by atoms with Crippen molar-refractivity contribution in [3.8, 4) is 0 Å². The van der Waals surface area contributed by atoms with Crippen molar-refractivity contribution in [3.05, 3.63) is 22.4 Å². The Kier molecular flexibility index (Phi) is 2.83. The van der Waals surface area contributed by atoms with Gasteiger partial charge in [-0.25, -0.2) is 0 Å². The third-order valence-electron chi connectivity index (χ3n) is 3.02. The lowest BCUT2D eigenvalue weighted by atomic mass is 10.0. The number of hydrogen-bond acceptors (Lipinski definition) is 2. The topological polar surface area (TPSA) is 29.1 Å². The van der Waals surface area contributed by atoms with E-state index < -0.39 is 0 Å². The summed E-state index contributed by atoms with van der Waals surface area (Å²) in [6, 6.07) is 4.27. The first-order valence-corrected chi connectivity index (χ1v) is 6.34. The molecule has 2 nitrogen and oxygen atoms in total. The summed E-state index contributed by atoms with van der Waals surface area (Å²) < 4.78 is 0. The highest BCUT2D eigenvalue weighted by molar-refractivity contribution is 7.10. The van der Waals surface area contributed by atoms with E-state index in [0.717, 1.165) is 6.54 Å². The van der Waals surface area contributed by atoms with Gasteiger partial charge in [0, 0.05) is 22.8 Å². The zero-order valence-corrected chi connectivity index (χ0v) is 10.1. The van der Waals surface area contributed by atoms with Crippen LogP contribution in [0.1, 0.15) is 31.6 Å². The van der Waals surface area contributed by atoms with Crippen LogP contribution >= 0.6 is 11.3 Å². The zero-order valence-electron chi connectivity index (χ0n) is 9.25. The molecule has 1 heterocycles. The van der Waals surface area contributed by atoms with E-state index in [1.807, 2.05) is 13.8 Å². The fourth-order valence-corrected chi connectivity index (χ4v) is 2.69. The van der Waals surface area contributed by atoms with E-state index in [0.29, 0.717) is 0 Å². The fraction of sp³-hybridized carbons (Fsp3) is 0.583. The lowest BCUT2D eigenvalue weighted by Gasteiger charge is -2.15. The minimum Gasteiger partial charge on any atom is -0.355 e. The van der Waals surface area contributed by atoms with Gasteiger partial charge in [0.1, 0.15) is 0 Å². The maximum Gasteiger partial charge on any atom is 0.222 e. The Hall–Kier alpha value is -0.830. The Bertz CT molecular complexity index is 339. The molecule has 1 fully saturated rings. The van der Waals surface area contributed by atoms with Crippen molar-refractivity contribution in [2.75, 3.05) is 6.54 Å². The number of thiophene rings is 1. The number of hydrogen-bond donors (Lipinski definition) is 1. The largest absolute Gasteiger partial charge is 0.355 e. The van der Waals surface area contributed by atoms with Gasteiger partial charge in [-0.15, -0.1) is 11.3 Å². The third kappa shape index (κ3) is 2.23. The molecule has 1 aliphatic carbocycles. The van der Waals surface area contributed by atoms with Gasteiger partial charge < -0.3 is 5.32 Å². The van der Waals surface area contributed by atoms with E-state index in [1.165, 1.54) is 17.7 Å². The number of nitrogens with one attached hydrogen (secondary N) is 1. The van der Waals surface area contributed by atoms with Crippen molar-refractivity contribution in [1.29, 1.82) is 0 Å². The molecule has 0 saturated heterocycles. The molecule has 82 valence electrons. The molecule has 3 heteroatoms. The van der Waals surface area contributed by atoms with Crippen molar-refractivity contribution in [2.24, 2.45) is 5.92 Å². The lowest BCUT2D eigenvalue weighted by molar-refractivity contribution is -0.124. The van der Waals surface area contributed by atoms with Gasteiger partial charge in [0.05, 0.1) is 0 Å². The van der Waals surface area contributed by atoms with Crippen LogP contribution in [0.4, 0.5) is 0 Å². The molecule has 0 aromatic carbocycles. The Morgan fingerprint density at radius 2 is 2.33 bits per heavy atom. The average molecular weight is 223 g/mol. The molecular weight excluding hydrogens is 206 g/mol. The molecule has 0 unspecified atom stereocenters. The second kappa shape index (κ2) is 3.97. The quantitative estimate of drug-likeness (QED) is 0.835. The predicted octanol–water partition coefficient (Wildman–Crippen LogP) is 2.55. The molecule has 1 aliphatic rings. The number of carbonyl (C=O) groups is 1. The van der Waals surface area contributed by atoms with Gasteiger partial charge in [-0.05, 0) is 24.3 Å². The van der Waals surface area contributed by atoms with Crippen LogP contribution in [-0.4, -0.2) is 12.5 Å². The SMILES string of the molecule is CC(C)C(=O)NCC1(c2cccs2)CC1. The molecule has 1 aromatic heterocycles. The normalized spacial score (nSPS) is 17.8. The van der Waals surface area contributed by atoms with E-state index in [-0.39, 0.29) is 17.2 Å². The molecule has 1 amide bonds. The molecule has 1 N–H and O–H groups in total. The molecule has 0 atom stereocenters. The third-order valence-corrected chi connectivity index (χ3v) is 4.14. The predicted molar refractivity (Wildman–Crippen MR) is 63.1 cm³/mol. The summed E-state index contributed by atoms with van der Waals surface area (Å²) in [5.41, 5.74) is 0.277. The van der Waals surface area contributed by atoms with E-state index in [4.69, 9.17) is 0 Å². The average Bonchev–Trinajstić information content (AvgIpc) is 2.78. The summed E-state index contributed by atoms with van der Waals surface area (Å²) in [4.78, 5) is 12.9. The fourth-order valence-electron chi connectivity index (χ4n) is 1.70. The Morgan fingerprint density at radius 1 is 1.60 bits per heavy atom. The first kappa shape index (κ1) is 10.7. The molecule has 15 heavy (non-hydrogen) atoms. The molecule has 1 aromatic rings. The van der Waals surface area contributed by atoms with Crippen molar-refractivity contribution in [3.63, 3.8) is 0 Å². The summed E-state index contributed by atoms with van der Waals surface area (Å²) in [6.07, 6.45) is 2.43. The highest BCUT2D eigenvalue weighted by Gasteiger charge is 2.45. The van der Waals surface area contributed by atoms with Crippen LogP contribution in [-0.2, 0) is 10.2 Å². The van der Waals surface area contributed by atoms with Crippen LogP contribution in [0.2, 0.25) is 0 Å². The van der Waals surface area contributed by atoms with Gasteiger partial charge in [0.25, 0.3) is 0 Å². The van der Waals surface area contributed by atoms with E-state index in [9.17, 15) is 4.79 Å². The highest BCUT2D eigenvalue weighted by atomic mass is 32.1. The van der Waals surface area contributed by atoms with Gasteiger partial charge in [0.15, 0.2) is 0 Å². The van der Waals surface area contributed by atoms with Crippen LogP contribution in [0.15, 0.2) is 17.5 Å². The summed E-state index contributed by atoms with van der Waals surface area (Å²) in [7, 11) is 0. The van der Waals surface area contributed by atoms with Gasteiger partial charge in [-0.1, -0.05) is 19.9 Å². The Labute approximate surface area is 94.7 Å². The van der Waals surface area contributed by atoms with Crippen molar-refractivity contribution in [2.45, 2.75) is 32.1 Å². The summed E-state index contributed by atoms with van der Waals surface area (Å²) >= 11 is 1.80. The van der Waals surface area contributed by atoms with Crippen LogP contribution < -0.4 is 5.32 Å². The highest BCUT2D eigenvalue weighted by Crippen LogP contribution is 2.49.